The fourth-order valence-electron chi connectivity index (χ4n) is 2.13. The van der Waals surface area contributed by atoms with Gasteiger partial charge in [-0.25, -0.2) is 0 Å². The highest BCUT2D eigenvalue weighted by Gasteiger charge is 2.21. The van der Waals surface area contributed by atoms with Crippen LogP contribution in [0.15, 0.2) is 24.3 Å². The molecule has 0 aliphatic carbocycles. The van der Waals surface area contributed by atoms with Crippen LogP contribution in [-0.4, -0.2) is 31.7 Å². The molecule has 0 spiro atoms. The highest BCUT2D eigenvalue weighted by atomic mass is 16.5. The summed E-state index contributed by atoms with van der Waals surface area (Å²) >= 11 is 0. The van der Waals surface area contributed by atoms with Gasteiger partial charge in [-0.05, 0) is 31.2 Å². The van der Waals surface area contributed by atoms with E-state index >= 15 is 0 Å². The molecule has 0 aromatic heterocycles. The number of amides is 1. The van der Waals surface area contributed by atoms with Crippen molar-refractivity contribution in [3.05, 3.63) is 24.3 Å². The third kappa shape index (κ3) is 3.73. The number of nitrogens with one attached hydrogen (secondary N) is 1. The van der Waals surface area contributed by atoms with Gasteiger partial charge in [0.05, 0.1) is 12.7 Å². The molecule has 110 valence electrons. The van der Waals surface area contributed by atoms with E-state index < -0.39 is 0 Å². The second-order valence-corrected chi connectivity index (χ2v) is 6.38. The molecule has 0 bridgehead atoms. The second kappa shape index (κ2) is 5.83. The van der Waals surface area contributed by atoms with Crippen LogP contribution in [0.25, 0.3) is 0 Å². The topological polar surface area (TPSA) is 41.6 Å². The highest BCUT2D eigenvalue weighted by Crippen LogP contribution is 2.22. The number of hydrogen-bond donors (Lipinski definition) is 1. The molecule has 1 aromatic rings. The molecule has 0 radical (unpaired) electrons. The van der Waals surface area contributed by atoms with Crippen molar-refractivity contribution in [3.63, 3.8) is 0 Å². The van der Waals surface area contributed by atoms with Gasteiger partial charge in [-0.3, -0.25) is 4.79 Å². The molecule has 1 saturated heterocycles. The van der Waals surface area contributed by atoms with Gasteiger partial charge in [-0.2, -0.15) is 0 Å². The lowest BCUT2D eigenvalue weighted by Crippen LogP contribution is -2.41. The zero-order valence-electron chi connectivity index (χ0n) is 12.8. The first-order valence-corrected chi connectivity index (χ1v) is 7.14. The number of carbonyl (C=O) groups is 1. The van der Waals surface area contributed by atoms with Crippen LogP contribution in [-0.2, 0) is 9.53 Å². The minimum absolute atomic E-state index is 0.0326. The van der Waals surface area contributed by atoms with Gasteiger partial charge in [-0.1, -0.05) is 20.8 Å². The molecule has 1 fully saturated rings. The van der Waals surface area contributed by atoms with Crippen molar-refractivity contribution in [2.75, 3.05) is 29.9 Å². The maximum absolute atomic E-state index is 11.9. The minimum Gasteiger partial charge on any atom is -0.375 e. The number of nitrogens with zero attached hydrogens (tertiary/aromatic N) is 1. The summed E-state index contributed by atoms with van der Waals surface area (Å²) in [6.45, 7) is 10.4. The van der Waals surface area contributed by atoms with Crippen LogP contribution in [0.5, 0.6) is 0 Å². The molecular formula is C16H24N2O2. The molecule has 1 aliphatic rings. The van der Waals surface area contributed by atoms with Crippen molar-refractivity contribution in [2.45, 2.75) is 33.8 Å². The number of morpholine rings is 1. The van der Waals surface area contributed by atoms with E-state index in [9.17, 15) is 4.79 Å². The lowest BCUT2D eigenvalue weighted by molar-refractivity contribution is -0.123. The predicted octanol–water partition coefficient (Wildman–Crippen LogP) is 2.90. The Bertz CT molecular complexity index is 462. The van der Waals surface area contributed by atoms with Crippen LogP contribution in [0.3, 0.4) is 0 Å². The quantitative estimate of drug-likeness (QED) is 0.903. The fraction of sp³-hybridized carbons (Fsp3) is 0.562. The van der Waals surface area contributed by atoms with Crippen LogP contribution < -0.4 is 10.2 Å². The number of benzene rings is 1. The van der Waals surface area contributed by atoms with Crippen molar-refractivity contribution in [2.24, 2.45) is 5.41 Å². The SMILES string of the molecule is CC1CN(c2ccc(NC(=O)C(C)(C)C)cc2)CCO1. The van der Waals surface area contributed by atoms with Crippen molar-refractivity contribution in [1.82, 2.24) is 0 Å². The lowest BCUT2D eigenvalue weighted by atomic mass is 9.95. The summed E-state index contributed by atoms with van der Waals surface area (Å²) in [5.74, 6) is 0.0326. The fourth-order valence-corrected chi connectivity index (χ4v) is 2.13. The molecule has 1 heterocycles. The van der Waals surface area contributed by atoms with E-state index in [0.29, 0.717) is 0 Å². The van der Waals surface area contributed by atoms with Gasteiger partial charge in [0, 0.05) is 29.9 Å². The van der Waals surface area contributed by atoms with Gasteiger partial charge in [0.15, 0.2) is 0 Å². The first-order chi connectivity index (χ1) is 9.36. The summed E-state index contributed by atoms with van der Waals surface area (Å²) in [5, 5.41) is 2.94. The van der Waals surface area contributed by atoms with Crippen molar-refractivity contribution < 1.29 is 9.53 Å². The van der Waals surface area contributed by atoms with Crippen molar-refractivity contribution >= 4 is 17.3 Å². The monoisotopic (exact) mass is 276 g/mol. The Hall–Kier alpha value is -1.55. The molecule has 4 heteroatoms. The van der Waals surface area contributed by atoms with E-state index in [-0.39, 0.29) is 17.4 Å². The third-order valence-corrected chi connectivity index (χ3v) is 3.41. The average molecular weight is 276 g/mol. The summed E-state index contributed by atoms with van der Waals surface area (Å²) in [7, 11) is 0. The first-order valence-electron chi connectivity index (χ1n) is 7.14. The Balaban J connectivity index is 2.01. The van der Waals surface area contributed by atoms with Crippen LogP contribution >= 0.6 is 0 Å². The summed E-state index contributed by atoms with van der Waals surface area (Å²) in [6, 6.07) is 8.02. The Morgan fingerprint density at radius 1 is 1.30 bits per heavy atom. The number of hydrogen-bond acceptors (Lipinski definition) is 3. The van der Waals surface area contributed by atoms with E-state index in [2.05, 4.69) is 29.3 Å². The molecule has 1 unspecified atom stereocenters. The first kappa shape index (κ1) is 14.9. The molecule has 1 N–H and O–H groups in total. The summed E-state index contributed by atoms with van der Waals surface area (Å²) in [6.07, 6.45) is 0.268. The molecular weight excluding hydrogens is 252 g/mol. The molecule has 2 rings (SSSR count). The van der Waals surface area contributed by atoms with Gasteiger partial charge in [0.1, 0.15) is 0 Å². The van der Waals surface area contributed by atoms with Crippen LogP contribution in [0.2, 0.25) is 0 Å². The Morgan fingerprint density at radius 2 is 1.95 bits per heavy atom. The molecule has 0 saturated carbocycles. The summed E-state index contributed by atoms with van der Waals surface area (Å²) in [4.78, 5) is 14.2. The zero-order valence-corrected chi connectivity index (χ0v) is 12.8. The van der Waals surface area contributed by atoms with E-state index in [1.165, 1.54) is 5.69 Å². The smallest absolute Gasteiger partial charge is 0.229 e. The largest absolute Gasteiger partial charge is 0.375 e. The third-order valence-electron chi connectivity index (χ3n) is 3.41. The minimum atomic E-state index is -0.377. The molecule has 4 nitrogen and oxygen atoms in total. The molecule has 1 atom stereocenters. The van der Waals surface area contributed by atoms with Gasteiger partial charge in [0.25, 0.3) is 0 Å². The van der Waals surface area contributed by atoms with E-state index in [1.54, 1.807) is 0 Å². The number of carbonyl (C=O) groups excluding carboxylic acids is 1. The number of anilines is 2. The van der Waals surface area contributed by atoms with Gasteiger partial charge >= 0.3 is 0 Å². The number of ether oxygens (including phenoxy) is 1. The average Bonchev–Trinajstić information content (AvgIpc) is 2.38. The van der Waals surface area contributed by atoms with Crippen LogP contribution in [0, 0.1) is 5.41 Å². The molecule has 1 amide bonds. The molecule has 1 aliphatic heterocycles. The lowest BCUT2D eigenvalue weighted by Gasteiger charge is -2.33. The zero-order chi connectivity index (χ0) is 14.8. The summed E-state index contributed by atoms with van der Waals surface area (Å²) < 4.78 is 5.54. The van der Waals surface area contributed by atoms with E-state index in [1.807, 2.05) is 32.9 Å². The van der Waals surface area contributed by atoms with E-state index in [4.69, 9.17) is 4.74 Å². The van der Waals surface area contributed by atoms with Crippen molar-refractivity contribution in [1.29, 1.82) is 0 Å². The Labute approximate surface area is 121 Å². The predicted molar refractivity (Wildman–Crippen MR) is 82.2 cm³/mol. The highest BCUT2D eigenvalue weighted by molar-refractivity contribution is 5.94. The Kier molecular flexibility index (Phi) is 4.33. The normalized spacial score (nSPS) is 19.8. The van der Waals surface area contributed by atoms with Gasteiger partial charge in [-0.15, -0.1) is 0 Å². The van der Waals surface area contributed by atoms with Crippen molar-refractivity contribution in [3.8, 4) is 0 Å². The molecule has 1 aromatic carbocycles. The second-order valence-electron chi connectivity index (χ2n) is 6.38. The van der Waals surface area contributed by atoms with E-state index in [0.717, 1.165) is 25.4 Å². The standard InChI is InChI=1S/C16H24N2O2/c1-12-11-18(9-10-20-12)14-7-5-13(6-8-14)17-15(19)16(2,3)4/h5-8,12H,9-11H2,1-4H3,(H,17,19). The maximum atomic E-state index is 11.9. The van der Waals surface area contributed by atoms with Gasteiger partial charge < -0.3 is 15.0 Å². The van der Waals surface area contributed by atoms with Crippen LogP contribution in [0.4, 0.5) is 11.4 Å². The molecule has 20 heavy (non-hydrogen) atoms. The van der Waals surface area contributed by atoms with Gasteiger partial charge in [0.2, 0.25) is 5.91 Å². The maximum Gasteiger partial charge on any atom is 0.229 e. The van der Waals surface area contributed by atoms with Crippen LogP contribution in [0.1, 0.15) is 27.7 Å². The summed E-state index contributed by atoms with van der Waals surface area (Å²) in [5.41, 5.74) is 1.64. The Morgan fingerprint density at radius 3 is 2.50 bits per heavy atom. The number of rotatable bonds is 2.